The Labute approximate surface area is 227 Å². The number of hydrogen-bond donors (Lipinski definition) is 4. The van der Waals surface area contributed by atoms with Crippen LogP contribution in [0.15, 0.2) is 60.7 Å². The molecule has 202 valence electrons. The minimum absolute atomic E-state index is 0.135. The van der Waals surface area contributed by atoms with Gasteiger partial charge in [0.05, 0.1) is 29.1 Å². The molecule has 3 aromatic rings. The number of hydrogen-bond acceptors (Lipinski definition) is 6. The van der Waals surface area contributed by atoms with Crippen LogP contribution >= 0.6 is 0 Å². The van der Waals surface area contributed by atoms with Crippen molar-refractivity contribution < 1.29 is 24.3 Å². The number of carbonyl (C=O) groups is 3. The third-order valence-corrected chi connectivity index (χ3v) is 6.41. The number of carboxylic acids is 1. The lowest BCUT2D eigenvalue weighted by Crippen LogP contribution is -2.26. The van der Waals surface area contributed by atoms with E-state index < -0.39 is 5.97 Å². The van der Waals surface area contributed by atoms with Crippen molar-refractivity contribution in [2.24, 2.45) is 0 Å². The van der Waals surface area contributed by atoms with Gasteiger partial charge in [-0.2, -0.15) is 0 Å². The summed E-state index contributed by atoms with van der Waals surface area (Å²) in [6, 6.07) is 17.9. The van der Waals surface area contributed by atoms with Gasteiger partial charge in [0, 0.05) is 16.8 Å². The molecule has 2 amide bonds. The van der Waals surface area contributed by atoms with Crippen LogP contribution in [0.25, 0.3) is 11.3 Å². The van der Waals surface area contributed by atoms with Crippen molar-refractivity contribution >= 4 is 40.4 Å². The molecule has 0 aromatic heterocycles. The Morgan fingerprint density at radius 2 is 1.69 bits per heavy atom. The molecule has 0 fully saturated rings. The molecule has 39 heavy (non-hydrogen) atoms. The monoisotopic (exact) mass is 528 g/mol. The maximum Gasteiger partial charge on any atom is 0.336 e. The normalized spacial score (nSPS) is 13.6. The molecule has 0 saturated heterocycles. The third kappa shape index (κ3) is 6.34. The molecule has 0 aliphatic carbocycles. The molecule has 0 bridgehead atoms. The van der Waals surface area contributed by atoms with E-state index in [1.165, 1.54) is 6.07 Å². The molecule has 1 aliphatic rings. The summed E-state index contributed by atoms with van der Waals surface area (Å²) in [5, 5.41) is 15.7. The third-order valence-electron chi connectivity index (χ3n) is 6.41. The molecule has 0 unspecified atom stereocenters. The predicted molar refractivity (Wildman–Crippen MR) is 151 cm³/mol. The fraction of sp³-hybridized carbons (Fsp3) is 0.233. The van der Waals surface area contributed by atoms with E-state index >= 15 is 0 Å². The first-order valence-electron chi connectivity index (χ1n) is 12.6. The molecule has 0 spiro atoms. The van der Waals surface area contributed by atoms with E-state index in [0.717, 1.165) is 24.1 Å². The standard InChI is InChI=1S/C30H32N4O5/c1-18-15-21(11-12-22(18)28(35)33-39-14-8-13-34(3)4)31-27(20-9-6-5-7-10-20)26-24-16-19(2)23(30(37)38)17-25(24)32-29(26)36/h5-7,9-12,15-17,31H,8,13-14H2,1-4H3,(H,32,36)(H,33,35)(H,37,38). The largest absolute Gasteiger partial charge is 0.478 e. The Bertz CT molecular complexity index is 1450. The van der Waals surface area contributed by atoms with Gasteiger partial charge in [-0.15, -0.1) is 0 Å². The number of carboxylic acid groups (broad SMARTS) is 1. The van der Waals surface area contributed by atoms with E-state index in [0.29, 0.717) is 45.9 Å². The van der Waals surface area contributed by atoms with Crippen molar-refractivity contribution in [3.8, 4) is 0 Å². The first-order chi connectivity index (χ1) is 18.7. The van der Waals surface area contributed by atoms with Gasteiger partial charge in [-0.1, -0.05) is 30.3 Å². The van der Waals surface area contributed by atoms with E-state index in [2.05, 4.69) is 16.1 Å². The molecule has 9 nitrogen and oxygen atoms in total. The van der Waals surface area contributed by atoms with Gasteiger partial charge >= 0.3 is 5.97 Å². The van der Waals surface area contributed by atoms with Gasteiger partial charge in [0.25, 0.3) is 11.8 Å². The molecule has 9 heteroatoms. The summed E-state index contributed by atoms with van der Waals surface area (Å²) in [7, 11) is 3.95. The van der Waals surface area contributed by atoms with Crippen LogP contribution in [0.5, 0.6) is 0 Å². The highest BCUT2D eigenvalue weighted by atomic mass is 16.6. The lowest BCUT2D eigenvalue weighted by atomic mass is 9.96. The number of amides is 2. The number of benzene rings is 3. The van der Waals surface area contributed by atoms with Crippen LogP contribution in [0.2, 0.25) is 0 Å². The van der Waals surface area contributed by atoms with Crippen LogP contribution in [-0.2, 0) is 9.63 Å². The molecule has 1 heterocycles. The first kappa shape index (κ1) is 27.6. The summed E-state index contributed by atoms with van der Waals surface area (Å²) in [6.07, 6.45) is 0.792. The lowest BCUT2D eigenvalue weighted by molar-refractivity contribution is -0.110. The molecule has 0 atom stereocenters. The summed E-state index contributed by atoms with van der Waals surface area (Å²) in [6.45, 7) is 4.81. The molecule has 0 radical (unpaired) electrons. The number of nitrogens with zero attached hydrogens (tertiary/aromatic N) is 1. The minimum Gasteiger partial charge on any atom is -0.478 e. The fourth-order valence-corrected chi connectivity index (χ4v) is 4.45. The smallest absolute Gasteiger partial charge is 0.336 e. The van der Waals surface area contributed by atoms with Crippen molar-refractivity contribution in [3.63, 3.8) is 0 Å². The van der Waals surface area contributed by atoms with Gasteiger partial charge in [-0.25, -0.2) is 10.3 Å². The highest BCUT2D eigenvalue weighted by molar-refractivity contribution is 6.37. The van der Waals surface area contributed by atoms with Crippen LogP contribution in [0.3, 0.4) is 0 Å². The number of fused-ring (bicyclic) bond motifs is 1. The van der Waals surface area contributed by atoms with Crippen molar-refractivity contribution in [2.75, 3.05) is 37.9 Å². The van der Waals surface area contributed by atoms with E-state index in [1.807, 2.05) is 62.3 Å². The maximum atomic E-state index is 13.2. The van der Waals surface area contributed by atoms with E-state index in [9.17, 15) is 19.5 Å². The molecule has 1 aliphatic heterocycles. The van der Waals surface area contributed by atoms with Crippen molar-refractivity contribution in [3.05, 3.63) is 94.0 Å². The summed E-state index contributed by atoms with van der Waals surface area (Å²) in [5.74, 6) is -1.72. The zero-order valence-corrected chi connectivity index (χ0v) is 22.4. The van der Waals surface area contributed by atoms with Crippen LogP contribution in [-0.4, -0.2) is 55.0 Å². The van der Waals surface area contributed by atoms with E-state index in [-0.39, 0.29) is 17.4 Å². The van der Waals surface area contributed by atoms with Gasteiger partial charge in [0.2, 0.25) is 0 Å². The summed E-state index contributed by atoms with van der Waals surface area (Å²) in [5.41, 5.74) is 7.88. The highest BCUT2D eigenvalue weighted by Crippen LogP contribution is 2.39. The maximum absolute atomic E-state index is 13.2. The zero-order valence-electron chi connectivity index (χ0n) is 22.4. The first-order valence-corrected chi connectivity index (χ1v) is 12.6. The van der Waals surface area contributed by atoms with Crippen LogP contribution in [0.4, 0.5) is 11.4 Å². The summed E-state index contributed by atoms with van der Waals surface area (Å²) < 4.78 is 0. The lowest BCUT2D eigenvalue weighted by Gasteiger charge is -2.16. The van der Waals surface area contributed by atoms with Crippen molar-refractivity contribution in [1.29, 1.82) is 0 Å². The second kappa shape index (κ2) is 11.9. The minimum atomic E-state index is -1.05. The number of nitrogens with one attached hydrogen (secondary N) is 3. The summed E-state index contributed by atoms with van der Waals surface area (Å²) >= 11 is 0. The Hall–Kier alpha value is -4.47. The SMILES string of the molecule is Cc1cc2c(cc1C(=O)O)NC(=O)C2=C(Nc1ccc(C(=O)NOCCCN(C)C)c(C)c1)c1ccccc1. The summed E-state index contributed by atoms with van der Waals surface area (Å²) in [4.78, 5) is 44.8. The van der Waals surface area contributed by atoms with Crippen LogP contribution in [0, 0.1) is 13.8 Å². The fourth-order valence-electron chi connectivity index (χ4n) is 4.45. The van der Waals surface area contributed by atoms with Gasteiger partial charge in [-0.05, 0) is 87.9 Å². The number of hydroxylamine groups is 1. The van der Waals surface area contributed by atoms with Gasteiger partial charge in [0.1, 0.15) is 0 Å². The molecule has 4 N–H and O–H groups in total. The van der Waals surface area contributed by atoms with Gasteiger partial charge < -0.3 is 20.6 Å². The highest BCUT2D eigenvalue weighted by Gasteiger charge is 2.30. The quantitative estimate of drug-likeness (QED) is 0.173. The number of carbonyl (C=O) groups excluding carboxylic acids is 2. The molecule has 4 rings (SSSR count). The number of aryl methyl sites for hydroxylation is 2. The Balaban J connectivity index is 1.64. The molecular weight excluding hydrogens is 496 g/mol. The zero-order chi connectivity index (χ0) is 28.1. The second-order valence-corrected chi connectivity index (χ2v) is 9.68. The second-order valence-electron chi connectivity index (χ2n) is 9.68. The Morgan fingerprint density at radius 3 is 2.36 bits per heavy atom. The molecule has 3 aromatic carbocycles. The predicted octanol–water partition coefficient (Wildman–Crippen LogP) is 4.55. The number of rotatable bonds is 10. The van der Waals surface area contributed by atoms with E-state index in [4.69, 9.17) is 4.84 Å². The van der Waals surface area contributed by atoms with E-state index in [1.54, 1.807) is 25.1 Å². The van der Waals surface area contributed by atoms with Crippen molar-refractivity contribution in [1.82, 2.24) is 10.4 Å². The van der Waals surface area contributed by atoms with Gasteiger partial charge in [0.15, 0.2) is 0 Å². The Kier molecular flexibility index (Phi) is 8.43. The van der Waals surface area contributed by atoms with Gasteiger partial charge in [-0.3, -0.25) is 14.4 Å². The molecular formula is C30H32N4O5. The van der Waals surface area contributed by atoms with Crippen LogP contribution < -0.4 is 16.1 Å². The van der Waals surface area contributed by atoms with Crippen LogP contribution in [0.1, 0.15) is 49.4 Å². The average molecular weight is 529 g/mol. The Morgan fingerprint density at radius 1 is 0.974 bits per heavy atom. The number of anilines is 2. The average Bonchev–Trinajstić information content (AvgIpc) is 3.21. The number of aromatic carboxylic acids is 1. The molecule has 0 saturated carbocycles. The van der Waals surface area contributed by atoms with Crippen molar-refractivity contribution in [2.45, 2.75) is 20.3 Å². The topological polar surface area (TPSA) is 120 Å².